The second-order valence-corrected chi connectivity index (χ2v) is 19.2. The van der Waals surface area contributed by atoms with E-state index >= 15 is 0 Å². The van der Waals surface area contributed by atoms with E-state index in [1.54, 1.807) is 11.1 Å². The summed E-state index contributed by atoms with van der Waals surface area (Å²) in [6.45, 7) is 6.96. The lowest BCUT2D eigenvalue weighted by atomic mass is 9.43. The van der Waals surface area contributed by atoms with Crippen LogP contribution in [-0.4, -0.2) is 0 Å². The van der Waals surface area contributed by atoms with E-state index in [4.69, 9.17) is 0 Å². The van der Waals surface area contributed by atoms with Crippen LogP contribution in [0.3, 0.4) is 0 Å². The summed E-state index contributed by atoms with van der Waals surface area (Å²) in [4.78, 5) is 2.60. The SMILES string of the molecule is C/C=C\c1cccc(N(c2ccc(-c3ccccc3)cc2)c2cccc3c2-c2ccccc2C3(C)C)c1Cc1cccc2c1C1(c3ccccc3-2)C2CC3CC(C2)CC1C3. The Hall–Kier alpha value is -5.92. The maximum absolute atomic E-state index is 2.60. The zero-order valence-corrected chi connectivity index (χ0v) is 35.2. The van der Waals surface area contributed by atoms with E-state index in [0.29, 0.717) is 0 Å². The zero-order chi connectivity index (χ0) is 40.2. The molecule has 1 nitrogen and oxygen atoms in total. The van der Waals surface area contributed by atoms with E-state index in [2.05, 4.69) is 196 Å². The highest BCUT2D eigenvalue weighted by Gasteiger charge is 2.62. The van der Waals surface area contributed by atoms with Crippen LogP contribution in [0.4, 0.5) is 17.1 Å². The molecule has 0 radical (unpaired) electrons. The van der Waals surface area contributed by atoms with Gasteiger partial charge in [0.2, 0.25) is 0 Å². The highest BCUT2D eigenvalue weighted by Crippen LogP contribution is 2.70. The summed E-state index contributed by atoms with van der Waals surface area (Å²) >= 11 is 0. The summed E-state index contributed by atoms with van der Waals surface area (Å²) in [7, 11) is 0. The minimum Gasteiger partial charge on any atom is -0.310 e. The van der Waals surface area contributed by atoms with E-state index < -0.39 is 0 Å². The third-order valence-electron chi connectivity index (χ3n) is 15.9. The fourth-order valence-electron chi connectivity index (χ4n) is 13.7. The predicted molar refractivity (Wildman–Crippen MR) is 251 cm³/mol. The molecule has 1 heteroatoms. The number of allylic oxidation sites excluding steroid dienone is 1. The first-order chi connectivity index (χ1) is 29.4. The number of fused-ring (bicyclic) bond motifs is 6. The van der Waals surface area contributed by atoms with Gasteiger partial charge in [-0.05, 0) is 154 Å². The molecule has 13 rings (SSSR count). The lowest BCUT2D eigenvalue weighted by Gasteiger charge is -2.61. The van der Waals surface area contributed by atoms with Crippen molar-refractivity contribution in [3.63, 3.8) is 0 Å². The van der Waals surface area contributed by atoms with Gasteiger partial charge in [-0.15, -0.1) is 0 Å². The summed E-state index contributed by atoms with van der Waals surface area (Å²) in [5.74, 6) is 3.26. The normalized spacial score (nSPS) is 23.4. The summed E-state index contributed by atoms with van der Waals surface area (Å²) < 4.78 is 0. The molecule has 0 aromatic heterocycles. The summed E-state index contributed by atoms with van der Waals surface area (Å²) in [5, 5.41) is 0. The van der Waals surface area contributed by atoms with Crippen LogP contribution in [0.1, 0.15) is 91.8 Å². The van der Waals surface area contributed by atoms with Crippen molar-refractivity contribution in [1.82, 2.24) is 0 Å². The largest absolute Gasteiger partial charge is 0.310 e. The van der Waals surface area contributed by atoms with E-state index in [0.717, 1.165) is 30.1 Å². The monoisotopic (exact) mass is 775 g/mol. The Morgan fingerprint density at radius 1 is 0.533 bits per heavy atom. The Kier molecular flexibility index (Phi) is 8.12. The Balaban J connectivity index is 1.08. The molecule has 0 unspecified atom stereocenters. The lowest BCUT2D eigenvalue weighted by molar-refractivity contribution is -0.0402. The Morgan fingerprint density at radius 2 is 1.13 bits per heavy atom. The van der Waals surface area contributed by atoms with Gasteiger partial charge in [-0.3, -0.25) is 0 Å². The van der Waals surface area contributed by atoms with Gasteiger partial charge in [-0.25, -0.2) is 0 Å². The van der Waals surface area contributed by atoms with Crippen molar-refractivity contribution >= 4 is 23.1 Å². The van der Waals surface area contributed by atoms with Crippen LogP contribution < -0.4 is 4.90 Å². The smallest absolute Gasteiger partial charge is 0.0543 e. The first kappa shape index (κ1) is 36.0. The Bertz CT molecular complexity index is 2810. The van der Waals surface area contributed by atoms with Crippen LogP contribution in [-0.2, 0) is 17.3 Å². The standard InChI is InChI=1S/C59H53N/c1-4-15-42-18-13-26-54(50(42)37-43-19-12-22-48-47-20-8-11-24-52(47)59(57(43)48)44-33-38-32-39(35-44)36-45(59)34-38)60(46-30-28-41(29-31-46)40-16-6-5-7-17-40)55-27-14-25-53-56(55)49-21-9-10-23-51(49)58(53,2)3/h4-31,38-39,44-45H,32-37H2,1-3H3/b15-4-. The Labute approximate surface area is 356 Å². The van der Waals surface area contributed by atoms with Gasteiger partial charge in [0.05, 0.1) is 11.4 Å². The highest BCUT2D eigenvalue weighted by atomic mass is 15.1. The molecule has 1 spiro atoms. The van der Waals surface area contributed by atoms with Crippen molar-refractivity contribution in [2.75, 3.05) is 4.90 Å². The maximum Gasteiger partial charge on any atom is 0.0543 e. The molecule has 7 aromatic rings. The van der Waals surface area contributed by atoms with Crippen LogP contribution in [0.15, 0.2) is 164 Å². The molecule has 0 atom stereocenters. The van der Waals surface area contributed by atoms with Crippen molar-refractivity contribution in [2.24, 2.45) is 23.7 Å². The molecule has 0 N–H and O–H groups in total. The number of rotatable bonds is 7. The highest BCUT2D eigenvalue weighted by molar-refractivity contribution is 5.96. The van der Waals surface area contributed by atoms with Crippen LogP contribution in [0, 0.1) is 23.7 Å². The third-order valence-corrected chi connectivity index (χ3v) is 15.9. The van der Waals surface area contributed by atoms with Crippen molar-refractivity contribution < 1.29 is 0 Å². The molecule has 0 heterocycles. The number of hydrogen-bond acceptors (Lipinski definition) is 1. The second kappa shape index (κ2) is 13.5. The number of hydrogen-bond donors (Lipinski definition) is 0. The molecule has 0 saturated heterocycles. The molecular weight excluding hydrogens is 723 g/mol. The first-order valence-electron chi connectivity index (χ1n) is 22.6. The quantitative estimate of drug-likeness (QED) is 0.156. The van der Waals surface area contributed by atoms with E-state index in [9.17, 15) is 0 Å². The molecular formula is C59H53N. The van der Waals surface area contributed by atoms with Crippen LogP contribution in [0.2, 0.25) is 0 Å². The van der Waals surface area contributed by atoms with Crippen molar-refractivity contribution in [2.45, 2.75) is 70.1 Å². The van der Waals surface area contributed by atoms with E-state index in [1.807, 2.05) is 0 Å². The van der Waals surface area contributed by atoms with Gasteiger partial charge in [0, 0.05) is 28.5 Å². The van der Waals surface area contributed by atoms with Gasteiger partial charge < -0.3 is 4.90 Å². The number of anilines is 3. The topological polar surface area (TPSA) is 3.24 Å². The van der Waals surface area contributed by atoms with E-state index in [-0.39, 0.29) is 10.8 Å². The molecule has 7 aromatic carbocycles. The molecule has 0 aliphatic heterocycles. The molecule has 4 saturated carbocycles. The zero-order valence-electron chi connectivity index (χ0n) is 35.2. The molecule has 6 aliphatic rings. The van der Waals surface area contributed by atoms with E-state index in [1.165, 1.54) is 110 Å². The van der Waals surface area contributed by atoms with Crippen molar-refractivity contribution in [3.8, 4) is 33.4 Å². The summed E-state index contributed by atoms with van der Waals surface area (Å²) in [5.41, 5.74) is 22.1. The van der Waals surface area contributed by atoms with Crippen molar-refractivity contribution in [1.29, 1.82) is 0 Å². The lowest BCUT2D eigenvalue weighted by Crippen LogP contribution is -2.55. The van der Waals surface area contributed by atoms with Crippen molar-refractivity contribution in [3.05, 3.63) is 203 Å². The van der Waals surface area contributed by atoms with Crippen LogP contribution >= 0.6 is 0 Å². The maximum atomic E-state index is 2.60. The fourth-order valence-corrected chi connectivity index (χ4v) is 13.7. The average molecular weight is 776 g/mol. The van der Waals surface area contributed by atoms with Gasteiger partial charge in [-0.2, -0.15) is 0 Å². The van der Waals surface area contributed by atoms with Gasteiger partial charge in [-0.1, -0.05) is 159 Å². The first-order valence-corrected chi connectivity index (χ1v) is 22.6. The minimum absolute atomic E-state index is 0.104. The van der Waals surface area contributed by atoms with Gasteiger partial charge in [0.15, 0.2) is 0 Å². The van der Waals surface area contributed by atoms with Gasteiger partial charge >= 0.3 is 0 Å². The number of benzene rings is 7. The van der Waals surface area contributed by atoms with Crippen LogP contribution in [0.25, 0.3) is 39.5 Å². The molecule has 4 bridgehead atoms. The molecule has 294 valence electrons. The van der Waals surface area contributed by atoms with Gasteiger partial charge in [0.1, 0.15) is 0 Å². The fraction of sp³-hybridized carbons (Fsp3) is 0.254. The molecule has 6 aliphatic carbocycles. The molecule has 0 amide bonds. The second-order valence-electron chi connectivity index (χ2n) is 19.2. The third kappa shape index (κ3) is 5.11. The summed E-state index contributed by atoms with van der Waals surface area (Å²) in [6.07, 6.45) is 12.5. The predicted octanol–water partition coefficient (Wildman–Crippen LogP) is 15.5. The average Bonchev–Trinajstić information content (AvgIpc) is 3.71. The molecule has 4 fully saturated rings. The number of nitrogens with zero attached hydrogens (tertiary/aromatic N) is 1. The Morgan fingerprint density at radius 3 is 1.88 bits per heavy atom. The summed E-state index contributed by atoms with van der Waals surface area (Å²) in [6, 6.07) is 60.2. The molecule has 60 heavy (non-hydrogen) atoms. The van der Waals surface area contributed by atoms with Gasteiger partial charge in [0.25, 0.3) is 0 Å². The minimum atomic E-state index is -0.104. The van der Waals surface area contributed by atoms with Crippen LogP contribution in [0.5, 0.6) is 0 Å².